The molecule has 2 aliphatic heterocycles. The Hall–Kier alpha value is -1.72. The molecule has 0 saturated carbocycles. The molecule has 0 unspecified atom stereocenters. The molecule has 1 aromatic rings. The molecule has 2 fully saturated rings. The maximum Gasteiger partial charge on any atom is 0.416 e. The van der Waals surface area contributed by atoms with Crippen molar-refractivity contribution in [3.63, 3.8) is 0 Å². The van der Waals surface area contributed by atoms with Gasteiger partial charge in [-0.1, -0.05) is 0 Å². The van der Waals surface area contributed by atoms with Gasteiger partial charge >= 0.3 is 6.18 Å². The van der Waals surface area contributed by atoms with Crippen molar-refractivity contribution in [2.24, 2.45) is 0 Å². The quantitative estimate of drug-likeness (QED) is 0.634. The van der Waals surface area contributed by atoms with E-state index in [1.165, 1.54) is 0 Å². The Bertz CT molecular complexity index is 693. The lowest BCUT2D eigenvalue weighted by Gasteiger charge is -2.39. The van der Waals surface area contributed by atoms with E-state index in [-0.39, 0.29) is 24.8 Å². The average molecular weight is 417 g/mol. The highest BCUT2D eigenvalue weighted by Crippen LogP contribution is 2.29. The van der Waals surface area contributed by atoms with Gasteiger partial charge in [-0.25, -0.2) is 0 Å². The molecule has 2 heterocycles. The van der Waals surface area contributed by atoms with Crippen LogP contribution in [0, 0.1) is 0 Å². The van der Waals surface area contributed by atoms with Gasteiger partial charge in [-0.3, -0.25) is 9.69 Å². The first-order valence-electron chi connectivity index (χ1n) is 9.53. The third-order valence-corrected chi connectivity index (χ3v) is 5.54. The van der Waals surface area contributed by atoms with Gasteiger partial charge in [-0.15, -0.1) is 0 Å². The Morgan fingerprint density at radius 3 is 2.34 bits per heavy atom. The number of hydrogen-bond acceptors (Lipinski definition) is 6. The van der Waals surface area contributed by atoms with Crippen molar-refractivity contribution in [1.82, 2.24) is 15.1 Å². The fourth-order valence-corrected chi connectivity index (χ4v) is 3.82. The number of alkyl halides is 3. The number of carbonyl (C=O) groups is 1. The predicted octanol–water partition coefficient (Wildman–Crippen LogP) is 0.172. The molecule has 2 saturated heterocycles. The van der Waals surface area contributed by atoms with E-state index >= 15 is 0 Å². The van der Waals surface area contributed by atoms with Crippen LogP contribution >= 0.6 is 0 Å². The van der Waals surface area contributed by atoms with Crippen LogP contribution in [0.15, 0.2) is 24.3 Å². The normalized spacial score (nSPS) is 29.2. The summed E-state index contributed by atoms with van der Waals surface area (Å²) in [4.78, 5) is 16.6. The maximum atomic E-state index is 12.7. The number of benzene rings is 1. The summed E-state index contributed by atoms with van der Waals surface area (Å²) in [7, 11) is 2.01. The van der Waals surface area contributed by atoms with Gasteiger partial charge < -0.3 is 25.2 Å². The topological polar surface area (TPSA) is 85.3 Å². The molecule has 29 heavy (non-hydrogen) atoms. The van der Waals surface area contributed by atoms with Crippen molar-refractivity contribution in [3.8, 4) is 0 Å². The zero-order chi connectivity index (χ0) is 21.2. The van der Waals surface area contributed by atoms with Gasteiger partial charge in [0.25, 0.3) is 5.91 Å². The van der Waals surface area contributed by atoms with Crippen molar-refractivity contribution < 1.29 is 32.9 Å². The summed E-state index contributed by atoms with van der Waals surface area (Å²) >= 11 is 0. The Morgan fingerprint density at radius 1 is 1.17 bits per heavy atom. The van der Waals surface area contributed by atoms with Crippen molar-refractivity contribution in [1.29, 1.82) is 0 Å². The summed E-state index contributed by atoms with van der Waals surface area (Å²) in [5.74, 6) is -0.526. The number of amides is 1. The third kappa shape index (κ3) is 5.07. The van der Waals surface area contributed by atoms with E-state index in [2.05, 4.69) is 15.1 Å². The summed E-state index contributed by atoms with van der Waals surface area (Å²) in [6.07, 6.45) is -6.63. The zero-order valence-corrected chi connectivity index (χ0v) is 16.1. The van der Waals surface area contributed by atoms with Crippen LogP contribution in [-0.4, -0.2) is 96.7 Å². The van der Waals surface area contributed by atoms with Crippen LogP contribution in [0.5, 0.6) is 0 Å². The highest BCUT2D eigenvalue weighted by molar-refractivity contribution is 5.94. The van der Waals surface area contributed by atoms with Crippen molar-refractivity contribution in [2.75, 3.05) is 46.4 Å². The van der Waals surface area contributed by atoms with Gasteiger partial charge in [-0.2, -0.15) is 13.2 Å². The molecule has 3 N–H and O–H groups in total. The molecule has 4 atom stereocenters. The Balaban J connectivity index is 1.63. The predicted molar refractivity (Wildman–Crippen MR) is 98.4 cm³/mol. The second-order valence-electron chi connectivity index (χ2n) is 7.50. The smallest absolute Gasteiger partial charge is 0.394 e. The number of piperazine rings is 1. The van der Waals surface area contributed by atoms with E-state index in [9.17, 15) is 28.2 Å². The molecular weight excluding hydrogens is 391 g/mol. The molecule has 0 spiro atoms. The Morgan fingerprint density at radius 2 is 1.79 bits per heavy atom. The van der Waals surface area contributed by atoms with Gasteiger partial charge in [0.1, 0.15) is 12.2 Å². The monoisotopic (exact) mass is 417 g/mol. The fraction of sp³-hybridized carbons (Fsp3) is 0.632. The number of nitrogens with zero attached hydrogens (tertiary/aromatic N) is 2. The van der Waals surface area contributed by atoms with Crippen molar-refractivity contribution >= 4 is 5.91 Å². The van der Waals surface area contributed by atoms with E-state index in [1.807, 2.05) is 7.05 Å². The highest BCUT2D eigenvalue weighted by atomic mass is 19.4. The molecule has 10 heteroatoms. The molecule has 0 aliphatic carbocycles. The molecule has 1 amide bonds. The number of ether oxygens (including phenoxy) is 1. The first kappa shape index (κ1) is 22.0. The van der Waals surface area contributed by atoms with E-state index in [1.54, 1.807) is 0 Å². The van der Waals surface area contributed by atoms with Crippen LogP contribution in [0.2, 0.25) is 0 Å². The minimum atomic E-state index is -4.46. The highest BCUT2D eigenvalue weighted by Gasteiger charge is 2.46. The Kier molecular flexibility index (Phi) is 6.79. The average Bonchev–Trinajstić information content (AvgIpc) is 3.01. The number of nitrogens with one attached hydrogen (secondary N) is 1. The zero-order valence-electron chi connectivity index (χ0n) is 16.1. The first-order valence-corrected chi connectivity index (χ1v) is 9.53. The van der Waals surface area contributed by atoms with Crippen molar-refractivity contribution in [2.45, 2.75) is 30.5 Å². The third-order valence-electron chi connectivity index (χ3n) is 5.54. The number of rotatable bonds is 5. The van der Waals surface area contributed by atoms with Crippen LogP contribution in [0.25, 0.3) is 0 Å². The van der Waals surface area contributed by atoms with Gasteiger partial charge in [-0.05, 0) is 31.3 Å². The molecular formula is C19H26F3N3O4. The number of likely N-dealkylation sites (N-methyl/N-ethyl adjacent to an activating group) is 1. The number of carbonyl (C=O) groups excluding carboxylic acids is 1. The first-order chi connectivity index (χ1) is 13.7. The van der Waals surface area contributed by atoms with Crippen LogP contribution in [0.1, 0.15) is 15.9 Å². The molecule has 7 nitrogen and oxygen atoms in total. The lowest BCUT2D eigenvalue weighted by atomic mass is 10.0. The molecule has 0 aromatic heterocycles. The number of aliphatic hydroxyl groups is 2. The molecule has 0 radical (unpaired) electrons. The number of hydrogen-bond donors (Lipinski definition) is 3. The number of aliphatic hydroxyl groups excluding tert-OH is 2. The van der Waals surface area contributed by atoms with Crippen molar-refractivity contribution in [3.05, 3.63) is 35.4 Å². The number of halogens is 3. The van der Waals surface area contributed by atoms with Gasteiger partial charge in [0.05, 0.1) is 24.3 Å². The van der Waals surface area contributed by atoms with Gasteiger partial charge in [0, 0.05) is 38.3 Å². The molecule has 0 bridgehead atoms. The van der Waals surface area contributed by atoms with Crippen LogP contribution in [0.4, 0.5) is 13.2 Å². The summed E-state index contributed by atoms with van der Waals surface area (Å²) in [6.45, 7) is 2.85. The van der Waals surface area contributed by atoms with E-state index < -0.39 is 36.0 Å². The Labute approximate surface area is 167 Å². The van der Waals surface area contributed by atoms with Gasteiger partial charge in [0.15, 0.2) is 0 Å². The maximum absolute atomic E-state index is 12.7. The van der Waals surface area contributed by atoms with Crippen LogP contribution < -0.4 is 5.32 Å². The molecule has 162 valence electrons. The molecule has 3 rings (SSSR count). The fourth-order valence-electron chi connectivity index (χ4n) is 3.82. The standard InChI is InChI=1S/C19H26F3N3O4/c1-24-6-8-25(9-7-24)16-14(29-15(11-26)17(16)27)10-23-18(28)12-2-4-13(5-3-12)19(20,21)22/h2-5,14-17,26-27H,6-11H2,1H3,(H,23,28)/t14-,15+,16-,17-/m1/s1. The minimum Gasteiger partial charge on any atom is -0.394 e. The minimum absolute atomic E-state index is 0.0738. The lowest BCUT2D eigenvalue weighted by molar-refractivity contribution is -0.137. The van der Waals surface area contributed by atoms with E-state index in [0.29, 0.717) is 0 Å². The van der Waals surface area contributed by atoms with E-state index in [0.717, 1.165) is 50.4 Å². The van der Waals surface area contributed by atoms with Crippen LogP contribution in [0.3, 0.4) is 0 Å². The lowest BCUT2D eigenvalue weighted by Crippen LogP contribution is -2.56. The van der Waals surface area contributed by atoms with Gasteiger partial charge in [0.2, 0.25) is 0 Å². The summed E-state index contributed by atoms with van der Waals surface area (Å²) in [5.41, 5.74) is -0.719. The van der Waals surface area contributed by atoms with Crippen LogP contribution in [-0.2, 0) is 10.9 Å². The SMILES string of the molecule is CN1CCN([C@H]2[C@H](O)[C@H](CO)O[C@@H]2CNC(=O)c2ccc(C(F)(F)F)cc2)CC1. The summed E-state index contributed by atoms with van der Waals surface area (Å²) in [6, 6.07) is 3.58. The summed E-state index contributed by atoms with van der Waals surface area (Å²) < 4.78 is 43.7. The van der Waals surface area contributed by atoms with E-state index in [4.69, 9.17) is 4.74 Å². The largest absolute Gasteiger partial charge is 0.416 e. The second-order valence-corrected chi connectivity index (χ2v) is 7.50. The second kappa shape index (κ2) is 8.97. The molecule has 2 aliphatic rings. The molecule has 1 aromatic carbocycles. The summed E-state index contributed by atoms with van der Waals surface area (Å²) in [5, 5.41) is 22.7.